The van der Waals surface area contributed by atoms with Crippen molar-refractivity contribution in [1.82, 2.24) is 20.7 Å². The first-order valence-corrected chi connectivity index (χ1v) is 16.9. The van der Waals surface area contributed by atoms with Gasteiger partial charge in [-0.2, -0.15) is 29.7 Å². The summed E-state index contributed by atoms with van der Waals surface area (Å²) >= 11 is 6.93. The van der Waals surface area contributed by atoms with Gasteiger partial charge in [0.2, 0.25) is 33.7 Å². The van der Waals surface area contributed by atoms with Crippen LogP contribution in [0.25, 0.3) is 0 Å². The maximum absolute atomic E-state index is 13.2. The third-order valence-electron chi connectivity index (χ3n) is 6.25. The Bertz CT molecular complexity index is 1370. The van der Waals surface area contributed by atoms with Crippen molar-refractivity contribution >= 4 is 63.0 Å². The summed E-state index contributed by atoms with van der Waals surface area (Å²) in [4.78, 5) is 60.9. The van der Waals surface area contributed by atoms with E-state index < -0.39 is 105 Å². The molecule has 14 nitrogen and oxygen atoms in total. The Hall–Kier alpha value is -3.13. The molecule has 0 saturated heterocycles. The lowest BCUT2D eigenvalue weighted by Crippen LogP contribution is -2.57. The van der Waals surface area contributed by atoms with Crippen molar-refractivity contribution in [1.29, 1.82) is 0 Å². The normalized spacial score (nSPS) is 14.5. The third-order valence-corrected chi connectivity index (χ3v) is 8.70. The van der Waals surface area contributed by atoms with Gasteiger partial charge in [-0.15, -0.1) is 0 Å². The first kappa shape index (κ1) is 40.9. The van der Waals surface area contributed by atoms with E-state index in [1.807, 2.05) is 0 Å². The number of aliphatic hydroxyl groups is 1. The lowest BCUT2D eigenvalue weighted by atomic mass is 10.0. The van der Waals surface area contributed by atoms with Crippen molar-refractivity contribution in [2.45, 2.75) is 74.8 Å². The summed E-state index contributed by atoms with van der Waals surface area (Å²) in [6.45, 7) is 2.57. The van der Waals surface area contributed by atoms with Crippen molar-refractivity contribution < 1.29 is 55.8 Å². The molecule has 46 heavy (non-hydrogen) atoms. The highest BCUT2D eigenvalue weighted by Gasteiger charge is 2.36. The van der Waals surface area contributed by atoms with Crippen LogP contribution in [-0.4, -0.2) is 91.0 Å². The van der Waals surface area contributed by atoms with E-state index in [1.165, 1.54) is 11.8 Å². The molecular weight excluding hydrogens is 683 g/mol. The molecule has 4 atom stereocenters. The smallest absolute Gasteiger partial charge is 0.417 e. The van der Waals surface area contributed by atoms with Crippen LogP contribution in [0.1, 0.15) is 45.1 Å². The Morgan fingerprint density at radius 2 is 1.57 bits per heavy atom. The molecule has 0 aliphatic carbocycles. The molecule has 0 radical (unpaired) electrons. The minimum absolute atomic E-state index is 0.107. The Morgan fingerprint density at radius 1 is 0.978 bits per heavy atom. The van der Waals surface area contributed by atoms with Crippen molar-refractivity contribution in [3.63, 3.8) is 0 Å². The van der Waals surface area contributed by atoms with E-state index in [2.05, 4.69) is 16.0 Å². The average molecular weight is 720 g/mol. The van der Waals surface area contributed by atoms with Crippen LogP contribution in [0.4, 0.5) is 13.2 Å². The van der Waals surface area contributed by atoms with Crippen molar-refractivity contribution in [3.8, 4) is 0 Å². The monoisotopic (exact) mass is 719 g/mol. The van der Waals surface area contributed by atoms with Gasteiger partial charge in [0.1, 0.15) is 24.2 Å². The van der Waals surface area contributed by atoms with Gasteiger partial charge in [0.25, 0.3) is 0 Å². The zero-order chi connectivity index (χ0) is 35.4. The summed E-state index contributed by atoms with van der Waals surface area (Å²) in [6.07, 6.45) is -4.27. The second kappa shape index (κ2) is 18.3. The molecule has 0 bridgehead atoms. The predicted molar refractivity (Wildman–Crippen MR) is 162 cm³/mol. The molecule has 1 rings (SSSR count). The van der Waals surface area contributed by atoms with Crippen LogP contribution in [0, 0.1) is 5.92 Å². The number of sulfonamides is 1. The Labute approximate surface area is 272 Å². The number of benzene rings is 1. The fourth-order valence-electron chi connectivity index (χ4n) is 3.88. The summed E-state index contributed by atoms with van der Waals surface area (Å²) in [6, 6.07) is -4.15. The van der Waals surface area contributed by atoms with Crippen LogP contribution in [0.3, 0.4) is 0 Å². The predicted octanol–water partition coefficient (Wildman–Crippen LogP) is 0.602. The van der Waals surface area contributed by atoms with E-state index in [-0.39, 0.29) is 24.8 Å². The number of hydrogen-bond donors (Lipinski definition) is 7. The summed E-state index contributed by atoms with van der Waals surface area (Å²) in [5.74, 6) is -4.87. The Balaban J connectivity index is 2.95. The van der Waals surface area contributed by atoms with E-state index in [0.717, 1.165) is 6.07 Å². The number of hydrogen-bond acceptors (Lipinski definition) is 9. The van der Waals surface area contributed by atoms with Crippen LogP contribution < -0.4 is 26.4 Å². The molecule has 4 amide bonds. The molecular formula is C26H37ClF3N5O9S2. The maximum Gasteiger partial charge on any atom is 0.417 e. The topological polar surface area (TPSA) is 234 Å². The van der Waals surface area contributed by atoms with Crippen LogP contribution in [0.5, 0.6) is 0 Å². The zero-order valence-corrected chi connectivity index (χ0v) is 27.4. The van der Waals surface area contributed by atoms with Crippen LogP contribution in [0.15, 0.2) is 23.1 Å². The van der Waals surface area contributed by atoms with E-state index in [1.54, 1.807) is 24.8 Å². The highest BCUT2D eigenvalue weighted by Crippen LogP contribution is 2.36. The number of nitrogens with one attached hydrogen (secondary N) is 4. The molecule has 1 aromatic carbocycles. The number of carboxylic acids is 1. The second-order valence-electron chi connectivity index (χ2n) is 10.4. The lowest BCUT2D eigenvalue weighted by Gasteiger charge is -2.25. The van der Waals surface area contributed by atoms with E-state index in [4.69, 9.17) is 17.3 Å². The van der Waals surface area contributed by atoms with E-state index in [0.29, 0.717) is 11.8 Å². The number of carbonyl (C=O) groups excluding carboxylic acids is 4. The SMILES string of the molecule is CSCC[C@H](NC(=O)[C@H](CC(C)C)NC(=O)[C@H](CO)NC(=O)CC[C@H](NS(=O)(=O)c1ccc(Cl)c(C(F)(F)F)c1)C(=O)O)C(N)=O. The average Bonchev–Trinajstić information content (AvgIpc) is 2.94. The van der Waals surface area contributed by atoms with Crippen molar-refractivity contribution in [3.05, 3.63) is 28.8 Å². The van der Waals surface area contributed by atoms with Crippen molar-refractivity contribution in [2.24, 2.45) is 11.7 Å². The number of primary amides is 1. The standard InChI is InChI=1S/C26H37ClF3N5O9S2/c1-13(2)10-19(23(39)33-17(22(31)38)8-9-45-3)34-24(40)20(12-36)32-21(37)7-6-18(25(41)42)35-46(43,44)14-4-5-16(27)15(11-14)26(28,29)30/h4-5,11,13,17-20,35-36H,6-10,12H2,1-3H3,(H2,31,38)(H,32,37)(H,33,39)(H,34,40)(H,41,42)/t17-,18-,19-,20-/m0/s1. The van der Waals surface area contributed by atoms with Gasteiger partial charge in [-0.05, 0) is 55.4 Å². The molecule has 0 aromatic heterocycles. The summed E-state index contributed by atoms with van der Waals surface area (Å²) in [5.41, 5.74) is 3.90. The fraction of sp³-hybridized carbons (Fsp3) is 0.577. The molecule has 260 valence electrons. The molecule has 0 aliphatic rings. The van der Waals surface area contributed by atoms with Crippen molar-refractivity contribution in [2.75, 3.05) is 18.6 Å². The van der Waals surface area contributed by atoms with Gasteiger partial charge in [-0.3, -0.25) is 24.0 Å². The van der Waals surface area contributed by atoms with Crippen LogP contribution in [-0.2, 0) is 40.2 Å². The molecule has 1 aromatic rings. The highest BCUT2D eigenvalue weighted by atomic mass is 35.5. The Morgan fingerprint density at radius 3 is 2.07 bits per heavy atom. The number of rotatable bonds is 19. The summed E-state index contributed by atoms with van der Waals surface area (Å²) < 4.78 is 66.5. The molecule has 0 heterocycles. The molecule has 0 saturated carbocycles. The van der Waals surface area contributed by atoms with E-state index in [9.17, 15) is 55.8 Å². The quantitative estimate of drug-likeness (QED) is 0.105. The highest BCUT2D eigenvalue weighted by molar-refractivity contribution is 7.98. The number of alkyl halides is 3. The largest absolute Gasteiger partial charge is 0.480 e. The molecule has 8 N–H and O–H groups in total. The number of carboxylic acid groups (broad SMARTS) is 1. The van der Waals surface area contributed by atoms with Gasteiger partial charge >= 0.3 is 12.1 Å². The van der Waals surface area contributed by atoms with Crippen LogP contribution >= 0.6 is 23.4 Å². The zero-order valence-electron chi connectivity index (χ0n) is 25.0. The lowest BCUT2D eigenvalue weighted by molar-refractivity contribution is -0.140. The number of carbonyl (C=O) groups is 5. The first-order chi connectivity index (χ1) is 21.2. The Kier molecular flexibility index (Phi) is 16.2. The third kappa shape index (κ3) is 13.3. The first-order valence-electron chi connectivity index (χ1n) is 13.6. The van der Waals surface area contributed by atoms with Gasteiger partial charge in [0, 0.05) is 6.42 Å². The van der Waals surface area contributed by atoms with Gasteiger partial charge in [-0.25, -0.2) is 8.42 Å². The summed E-state index contributed by atoms with van der Waals surface area (Å²) in [5, 5.41) is 25.4. The van der Waals surface area contributed by atoms with Gasteiger partial charge in [0.05, 0.1) is 22.1 Å². The number of aliphatic carboxylic acids is 1. The fourth-order valence-corrected chi connectivity index (χ4v) is 5.83. The number of nitrogens with two attached hydrogens (primary N) is 1. The molecule has 0 spiro atoms. The number of halogens is 4. The molecule has 0 aliphatic heterocycles. The molecule has 0 unspecified atom stereocenters. The molecule has 20 heteroatoms. The minimum atomic E-state index is -5.00. The minimum Gasteiger partial charge on any atom is -0.480 e. The van der Waals surface area contributed by atoms with Crippen LogP contribution in [0.2, 0.25) is 5.02 Å². The van der Waals surface area contributed by atoms with Gasteiger partial charge < -0.3 is 31.9 Å². The second-order valence-corrected chi connectivity index (χ2v) is 13.5. The number of thioether (sulfide) groups is 1. The van der Waals surface area contributed by atoms with Gasteiger partial charge in [-0.1, -0.05) is 25.4 Å². The number of amides is 4. The summed E-state index contributed by atoms with van der Waals surface area (Å²) in [7, 11) is -4.84. The van der Waals surface area contributed by atoms with E-state index >= 15 is 0 Å². The molecule has 0 fully saturated rings. The maximum atomic E-state index is 13.2. The number of aliphatic hydroxyl groups excluding tert-OH is 1. The van der Waals surface area contributed by atoms with Gasteiger partial charge in [0.15, 0.2) is 0 Å².